The van der Waals surface area contributed by atoms with Crippen LogP contribution in [0.5, 0.6) is 5.75 Å². The maximum atomic E-state index is 5.95. The molecule has 0 spiro atoms. The van der Waals surface area contributed by atoms with Gasteiger partial charge >= 0.3 is 0 Å². The first kappa shape index (κ1) is 13.3. The van der Waals surface area contributed by atoms with E-state index in [0.29, 0.717) is 0 Å². The molecular weight excluding hydrogens is 224 g/mol. The summed E-state index contributed by atoms with van der Waals surface area (Å²) in [6.45, 7) is 5.56. The van der Waals surface area contributed by atoms with Crippen LogP contribution >= 0.6 is 11.6 Å². The summed E-state index contributed by atoms with van der Waals surface area (Å²) in [4.78, 5) is 0. The monoisotopic (exact) mass is 242 g/mol. The first-order valence-corrected chi connectivity index (χ1v) is 5.91. The Labute approximate surface area is 103 Å². The van der Waals surface area contributed by atoms with E-state index >= 15 is 0 Å². The molecule has 0 amide bonds. The van der Waals surface area contributed by atoms with Gasteiger partial charge in [-0.1, -0.05) is 11.6 Å². The van der Waals surface area contributed by atoms with Gasteiger partial charge in [0.25, 0.3) is 0 Å². The molecule has 0 radical (unpaired) electrons. The summed E-state index contributed by atoms with van der Waals surface area (Å²) in [6.07, 6.45) is 2.04. The van der Waals surface area contributed by atoms with Crippen LogP contribution in [0.2, 0.25) is 5.02 Å². The molecule has 1 aromatic rings. The summed E-state index contributed by atoms with van der Waals surface area (Å²) in [5.74, 6) is 0.960. The van der Waals surface area contributed by atoms with Gasteiger partial charge in [0.1, 0.15) is 5.75 Å². The average Bonchev–Trinajstić information content (AvgIpc) is 2.20. The zero-order valence-electron chi connectivity index (χ0n) is 10.2. The van der Waals surface area contributed by atoms with E-state index in [2.05, 4.69) is 0 Å². The Morgan fingerprint density at radius 1 is 1.06 bits per heavy atom. The van der Waals surface area contributed by atoms with Crippen molar-refractivity contribution in [2.24, 2.45) is 0 Å². The lowest BCUT2D eigenvalue weighted by Gasteiger charge is -2.12. The maximum absolute atomic E-state index is 5.95. The van der Waals surface area contributed by atoms with Crippen molar-refractivity contribution < 1.29 is 9.47 Å². The number of halogens is 1. The highest BCUT2D eigenvalue weighted by atomic mass is 35.5. The van der Waals surface area contributed by atoms with Gasteiger partial charge < -0.3 is 9.47 Å². The number of ether oxygens (including phenoxy) is 2. The van der Waals surface area contributed by atoms with Gasteiger partial charge in [-0.05, 0) is 49.9 Å². The molecule has 0 saturated heterocycles. The van der Waals surface area contributed by atoms with Crippen LogP contribution in [-0.4, -0.2) is 20.3 Å². The van der Waals surface area contributed by atoms with E-state index in [1.165, 1.54) is 0 Å². The predicted molar refractivity (Wildman–Crippen MR) is 67.5 cm³/mol. The number of hydrogen-bond donors (Lipinski definition) is 0. The van der Waals surface area contributed by atoms with Gasteiger partial charge in [-0.3, -0.25) is 0 Å². The number of benzene rings is 1. The minimum Gasteiger partial charge on any atom is -0.493 e. The molecule has 0 N–H and O–H groups in total. The normalized spacial score (nSPS) is 10.5. The topological polar surface area (TPSA) is 18.5 Å². The minimum absolute atomic E-state index is 0.729. The van der Waals surface area contributed by atoms with Crippen LogP contribution in [0.25, 0.3) is 0 Å². The summed E-state index contributed by atoms with van der Waals surface area (Å²) in [5.41, 5.74) is 2.19. The van der Waals surface area contributed by atoms with Crippen molar-refractivity contribution in [3.05, 3.63) is 28.3 Å². The van der Waals surface area contributed by atoms with Crippen molar-refractivity contribution in [2.75, 3.05) is 20.3 Å². The van der Waals surface area contributed by atoms with Crippen LogP contribution in [0.4, 0.5) is 0 Å². The van der Waals surface area contributed by atoms with E-state index in [9.17, 15) is 0 Å². The lowest BCUT2D eigenvalue weighted by Crippen LogP contribution is -2.02. The summed E-state index contributed by atoms with van der Waals surface area (Å²) in [6, 6.07) is 3.86. The van der Waals surface area contributed by atoms with Crippen LogP contribution in [-0.2, 0) is 4.74 Å². The van der Waals surface area contributed by atoms with Crippen LogP contribution < -0.4 is 4.74 Å². The summed E-state index contributed by atoms with van der Waals surface area (Å²) in [7, 11) is 1.72. The lowest BCUT2D eigenvalue weighted by atomic mass is 10.1. The zero-order chi connectivity index (χ0) is 12.0. The molecule has 0 heterocycles. The molecule has 1 aromatic carbocycles. The van der Waals surface area contributed by atoms with Crippen molar-refractivity contribution in [1.82, 2.24) is 0 Å². The second-order valence-electron chi connectivity index (χ2n) is 3.92. The zero-order valence-corrected chi connectivity index (χ0v) is 10.9. The predicted octanol–water partition coefficient (Wildman–Crippen LogP) is 3.76. The van der Waals surface area contributed by atoms with E-state index in [1.807, 2.05) is 26.0 Å². The van der Waals surface area contributed by atoms with Gasteiger partial charge in [0.05, 0.1) is 6.61 Å². The minimum atomic E-state index is 0.729. The lowest BCUT2D eigenvalue weighted by molar-refractivity contribution is 0.184. The molecule has 0 bridgehead atoms. The Balaban J connectivity index is 2.47. The van der Waals surface area contributed by atoms with E-state index in [0.717, 1.165) is 48.0 Å². The highest BCUT2D eigenvalue weighted by molar-refractivity contribution is 6.30. The molecule has 3 heteroatoms. The molecule has 0 atom stereocenters. The van der Waals surface area contributed by atoms with Crippen LogP contribution in [0.15, 0.2) is 12.1 Å². The molecule has 90 valence electrons. The Morgan fingerprint density at radius 2 is 1.62 bits per heavy atom. The molecule has 0 saturated carbocycles. The number of rotatable bonds is 6. The third kappa shape index (κ3) is 4.03. The van der Waals surface area contributed by atoms with Crippen molar-refractivity contribution in [1.29, 1.82) is 0 Å². The Kier molecular flexibility index (Phi) is 5.64. The highest BCUT2D eigenvalue weighted by Crippen LogP contribution is 2.27. The summed E-state index contributed by atoms with van der Waals surface area (Å²) in [5, 5.41) is 0.765. The number of hydrogen-bond acceptors (Lipinski definition) is 2. The fraction of sp³-hybridized carbons (Fsp3) is 0.538. The van der Waals surface area contributed by atoms with Crippen molar-refractivity contribution in [3.63, 3.8) is 0 Å². The fourth-order valence-electron chi connectivity index (χ4n) is 1.65. The van der Waals surface area contributed by atoms with Crippen molar-refractivity contribution in [2.45, 2.75) is 26.7 Å². The first-order valence-electron chi connectivity index (χ1n) is 5.53. The third-order valence-electron chi connectivity index (χ3n) is 2.41. The van der Waals surface area contributed by atoms with E-state index in [1.54, 1.807) is 7.11 Å². The number of aryl methyl sites for hydroxylation is 2. The highest BCUT2D eigenvalue weighted by Gasteiger charge is 2.05. The smallest absolute Gasteiger partial charge is 0.125 e. The van der Waals surface area contributed by atoms with Gasteiger partial charge in [-0.15, -0.1) is 0 Å². The third-order valence-corrected chi connectivity index (χ3v) is 2.63. The number of methoxy groups -OCH3 is 1. The van der Waals surface area contributed by atoms with Gasteiger partial charge in [-0.25, -0.2) is 0 Å². The molecule has 0 aliphatic carbocycles. The molecule has 16 heavy (non-hydrogen) atoms. The maximum Gasteiger partial charge on any atom is 0.125 e. The fourth-order valence-corrected chi connectivity index (χ4v) is 1.98. The SMILES string of the molecule is COCCCCOc1c(C)cc(Cl)cc1C. The van der Waals surface area contributed by atoms with Crippen molar-refractivity contribution >= 4 is 11.6 Å². The molecule has 0 aliphatic rings. The van der Waals surface area contributed by atoms with Gasteiger partial charge in [0, 0.05) is 18.7 Å². The largest absolute Gasteiger partial charge is 0.493 e. The first-order chi connectivity index (χ1) is 7.65. The van der Waals surface area contributed by atoms with Gasteiger partial charge in [0.2, 0.25) is 0 Å². The van der Waals surface area contributed by atoms with Gasteiger partial charge in [-0.2, -0.15) is 0 Å². The van der Waals surface area contributed by atoms with Gasteiger partial charge in [0.15, 0.2) is 0 Å². The molecule has 0 aliphatic heterocycles. The Hall–Kier alpha value is -0.730. The Morgan fingerprint density at radius 3 is 2.19 bits per heavy atom. The Bertz CT molecular complexity index is 314. The molecule has 0 fully saturated rings. The molecule has 0 aromatic heterocycles. The molecule has 1 rings (SSSR count). The second kappa shape index (κ2) is 6.77. The van der Waals surface area contributed by atoms with Crippen LogP contribution in [0.1, 0.15) is 24.0 Å². The quantitative estimate of drug-likeness (QED) is 0.707. The number of unbranched alkanes of at least 4 members (excludes halogenated alkanes) is 1. The average molecular weight is 243 g/mol. The second-order valence-corrected chi connectivity index (χ2v) is 4.35. The molecule has 2 nitrogen and oxygen atoms in total. The molecular formula is C13H19ClO2. The van der Waals surface area contributed by atoms with Crippen LogP contribution in [0, 0.1) is 13.8 Å². The standard InChI is InChI=1S/C13H19ClO2/c1-10-8-12(14)9-11(2)13(10)16-7-5-4-6-15-3/h8-9H,4-7H2,1-3H3. The van der Waals surface area contributed by atoms with E-state index in [4.69, 9.17) is 21.1 Å². The van der Waals surface area contributed by atoms with E-state index in [-0.39, 0.29) is 0 Å². The molecule has 0 unspecified atom stereocenters. The summed E-state index contributed by atoms with van der Waals surface area (Å²) >= 11 is 5.95. The van der Waals surface area contributed by atoms with E-state index < -0.39 is 0 Å². The summed E-state index contributed by atoms with van der Waals surface area (Å²) < 4.78 is 10.7. The van der Waals surface area contributed by atoms with Crippen molar-refractivity contribution in [3.8, 4) is 5.75 Å². The van der Waals surface area contributed by atoms with Crippen LogP contribution in [0.3, 0.4) is 0 Å².